The number of non-ortho nitro benzene ring substituents is 1. The van der Waals surface area contributed by atoms with Gasteiger partial charge in [0.1, 0.15) is 18.2 Å². The molecular weight excluding hydrogens is 368 g/mol. The van der Waals surface area contributed by atoms with E-state index in [0.717, 1.165) is 16.7 Å². The summed E-state index contributed by atoms with van der Waals surface area (Å²) >= 11 is 1.33. The summed E-state index contributed by atoms with van der Waals surface area (Å²) in [6.45, 7) is 0.408. The third-order valence-corrected chi connectivity index (χ3v) is 4.96. The van der Waals surface area contributed by atoms with E-state index in [2.05, 4.69) is 6.07 Å². The van der Waals surface area contributed by atoms with Crippen LogP contribution in [0.2, 0.25) is 0 Å². The first-order valence-corrected chi connectivity index (χ1v) is 8.81. The molecule has 0 atom stereocenters. The van der Waals surface area contributed by atoms with Crippen molar-refractivity contribution < 1.29 is 19.1 Å². The number of rotatable bonds is 5. The standard InChI is InChI=1S/C19H12N2O5S/c20-8-15-16(13-3-6-17-18(7-13)26-11-25-17)10-27-19(15)24-9-12-1-4-14(5-2-12)21(22)23/h1-7,10H,9,11H2. The summed E-state index contributed by atoms with van der Waals surface area (Å²) in [4.78, 5) is 10.3. The van der Waals surface area contributed by atoms with Gasteiger partial charge in [0.05, 0.1) is 4.92 Å². The molecule has 0 spiro atoms. The Labute approximate surface area is 158 Å². The lowest BCUT2D eigenvalue weighted by Crippen LogP contribution is -1.96. The number of hydrogen-bond donors (Lipinski definition) is 0. The van der Waals surface area contributed by atoms with E-state index in [1.54, 1.807) is 12.1 Å². The number of nitrogens with zero attached hydrogens (tertiary/aromatic N) is 2. The van der Waals surface area contributed by atoms with Crippen molar-refractivity contribution in [2.45, 2.75) is 6.61 Å². The number of nitro benzene ring substituents is 1. The van der Waals surface area contributed by atoms with Crippen LogP contribution in [0.3, 0.4) is 0 Å². The molecule has 27 heavy (non-hydrogen) atoms. The van der Waals surface area contributed by atoms with Crippen molar-refractivity contribution >= 4 is 17.0 Å². The molecule has 0 radical (unpaired) electrons. The Bertz CT molecular complexity index is 1050. The van der Waals surface area contributed by atoms with E-state index in [9.17, 15) is 15.4 Å². The van der Waals surface area contributed by atoms with Gasteiger partial charge in [-0.1, -0.05) is 6.07 Å². The molecule has 1 aliphatic heterocycles. The highest BCUT2D eigenvalue weighted by Gasteiger charge is 2.19. The van der Waals surface area contributed by atoms with Crippen molar-refractivity contribution in [3.8, 4) is 33.8 Å². The first-order valence-electron chi connectivity index (χ1n) is 7.93. The highest BCUT2D eigenvalue weighted by molar-refractivity contribution is 7.12. The summed E-state index contributed by atoms with van der Waals surface area (Å²) < 4.78 is 16.5. The molecule has 0 saturated heterocycles. The van der Waals surface area contributed by atoms with E-state index in [1.165, 1.54) is 23.5 Å². The fourth-order valence-electron chi connectivity index (χ4n) is 2.69. The third-order valence-electron chi connectivity index (χ3n) is 4.07. The van der Waals surface area contributed by atoms with Crippen LogP contribution in [0.4, 0.5) is 5.69 Å². The maximum absolute atomic E-state index is 10.7. The second-order valence-corrected chi connectivity index (χ2v) is 6.55. The lowest BCUT2D eigenvalue weighted by molar-refractivity contribution is -0.384. The highest BCUT2D eigenvalue weighted by atomic mass is 32.1. The minimum Gasteiger partial charge on any atom is -0.478 e. The number of thiophene rings is 1. The summed E-state index contributed by atoms with van der Waals surface area (Å²) in [6.07, 6.45) is 0. The first-order chi connectivity index (χ1) is 13.2. The van der Waals surface area contributed by atoms with Crippen molar-refractivity contribution in [3.63, 3.8) is 0 Å². The lowest BCUT2D eigenvalue weighted by Gasteiger charge is -2.05. The number of nitriles is 1. The second-order valence-electron chi connectivity index (χ2n) is 5.70. The molecule has 0 bridgehead atoms. The van der Waals surface area contributed by atoms with Crippen molar-refractivity contribution in [2.75, 3.05) is 6.79 Å². The van der Waals surface area contributed by atoms with Crippen LogP contribution < -0.4 is 14.2 Å². The van der Waals surface area contributed by atoms with Crippen molar-refractivity contribution in [1.82, 2.24) is 0 Å². The SMILES string of the molecule is N#Cc1c(-c2ccc3c(c2)OCO3)csc1OCc1ccc([N+](=O)[O-])cc1. The molecule has 0 unspecified atom stereocenters. The molecular formula is C19H12N2O5S. The Hall–Kier alpha value is -3.57. The fraction of sp³-hybridized carbons (Fsp3) is 0.105. The van der Waals surface area contributed by atoms with Gasteiger partial charge in [0, 0.05) is 23.1 Å². The van der Waals surface area contributed by atoms with Gasteiger partial charge in [-0.2, -0.15) is 5.26 Å². The Morgan fingerprint density at radius 3 is 2.70 bits per heavy atom. The molecule has 2 heterocycles. The third kappa shape index (κ3) is 3.28. The highest BCUT2D eigenvalue weighted by Crippen LogP contribution is 2.41. The van der Waals surface area contributed by atoms with E-state index < -0.39 is 4.92 Å². The second kappa shape index (κ2) is 6.97. The number of hydrogen-bond acceptors (Lipinski definition) is 7. The molecule has 0 N–H and O–H groups in total. The van der Waals surface area contributed by atoms with Gasteiger partial charge in [-0.05, 0) is 35.4 Å². The molecule has 2 aromatic carbocycles. The van der Waals surface area contributed by atoms with Crippen LogP contribution in [0, 0.1) is 21.4 Å². The van der Waals surface area contributed by atoms with E-state index in [1.807, 2.05) is 23.6 Å². The smallest absolute Gasteiger partial charge is 0.269 e. The normalized spacial score (nSPS) is 11.8. The summed E-state index contributed by atoms with van der Waals surface area (Å²) in [7, 11) is 0. The van der Waals surface area contributed by atoms with Gasteiger partial charge in [-0.3, -0.25) is 10.1 Å². The summed E-state index contributed by atoms with van der Waals surface area (Å²) in [6, 6.07) is 13.8. The zero-order valence-corrected chi connectivity index (χ0v) is 14.7. The van der Waals surface area contributed by atoms with E-state index in [-0.39, 0.29) is 19.1 Å². The fourth-order valence-corrected chi connectivity index (χ4v) is 3.57. The van der Waals surface area contributed by atoms with Crippen LogP contribution in [-0.4, -0.2) is 11.7 Å². The number of ether oxygens (including phenoxy) is 3. The zero-order chi connectivity index (χ0) is 18.8. The zero-order valence-electron chi connectivity index (χ0n) is 13.9. The topological polar surface area (TPSA) is 94.6 Å². The molecule has 134 valence electrons. The van der Waals surface area contributed by atoms with E-state index in [0.29, 0.717) is 22.1 Å². The minimum absolute atomic E-state index is 0.0256. The van der Waals surface area contributed by atoms with Crippen LogP contribution in [0.5, 0.6) is 16.6 Å². The summed E-state index contributed by atoms with van der Waals surface area (Å²) in [5, 5.41) is 22.7. The number of nitro groups is 1. The van der Waals surface area contributed by atoms with Crippen LogP contribution in [0.1, 0.15) is 11.1 Å². The van der Waals surface area contributed by atoms with Gasteiger partial charge in [-0.25, -0.2) is 0 Å². The molecule has 1 aromatic heterocycles. The van der Waals surface area contributed by atoms with Crippen LogP contribution in [0.15, 0.2) is 47.8 Å². The Kier molecular flexibility index (Phi) is 4.36. The molecule has 8 heteroatoms. The van der Waals surface area contributed by atoms with Crippen molar-refractivity contribution in [3.05, 3.63) is 69.1 Å². The number of fused-ring (bicyclic) bond motifs is 1. The van der Waals surface area contributed by atoms with Gasteiger partial charge < -0.3 is 14.2 Å². The van der Waals surface area contributed by atoms with Crippen molar-refractivity contribution in [1.29, 1.82) is 5.26 Å². The predicted molar refractivity (Wildman–Crippen MR) is 98.0 cm³/mol. The average molecular weight is 380 g/mol. The van der Waals surface area contributed by atoms with Crippen molar-refractivity contribution in [2.24, 2.45) is 0 Å². The summed E-state index contributed by atoms with van der Waals surface area (Å²) in [5.74, 6) is 1.33. The number of benzene rings is 2. The maximum Gasteiger partial charge on any atom is 0.269 e. The molecule has 0 fully saturated rings. The molecule has 4 rings (SSSR count). The van der Waals surface area contributed by atoms with Crippen LogP contribution >= 0.6 is 11.3 Å². The minimum atomic E-state index is -0.449. The van der Waals surface area contributed by atoms with Crippen LogP contribution in [-0.2, 0) is 6.61 Å². The average Bonchev–Trinajstić information content (AvgIpc) is 3.32. The Balaban J connectivity index is 1.54. The quantitative estimate of drug-likeness (QED) is 0.478. The molecule has 7 nitrogen and oxygen atoms in total. The Morgan fingerprint density at radius 2 is 1.96 bits per heavy atom. The van der Waals surface area contributed by atoms with Gasteiger partial charge >= 0.3 is 0 Å². The van der Waals surface area contributed by atoms with E-state index in [4.69, 9.17) is 14.2 Å². The van der Waals surface area contributed by atoms with Crippen LogP contribution in [0.25, 0.3) is 11.1 Å². The monoisotopic (exact) mass is 380 g/mol. The van der Waals surface area contributed by atoms with E-state index >= 15 is 0 Å². The molecule has 3 aromatic rings. The van der Waals surface area contributed by atoms with Gasteiger partial charge in [0.25, 0.3) is 5.69 Å². The largest absolute Gasteiger partial charge is 0.478 e. The maximum atomic E-state index is 10.7. The summed E-state index contributed by atoms with van der Waals surface area (Å²) in [5.41, 5.74) is 2.86. The molecule has 0 amide bonds. The molecule has 0 saturated carbocycles. The lowest BCUT2D eigenvalue weighted by atomic mass is 10.0. The predicted octanol–water partition coefficient (Wildman–Crippen LogP) is 4.50. The Morgan fingerprint density at radius 1 is 1.19 bits per heavy atom. The van der Waals surface area contributed by atoms with Gasteiger partial charge in [-0.15, -0.1) is 11.3 Å². The van der Waals surface area contributed by atoms with Gasteiger partial charge in [0.2, 0.25) is 6.79 Å². The van der Waals surface area contributed by atoms with Gasteiger partial charge in [0.15, 0.2) is 16.6 Å². The first kappa shape index (κ1) is 16.9. The molecule has 0 aliphatic carbocycles. The molecule has 1 aliphatic rings.